The van der Waals surface area contributed by atoms with Crippen LogP contribution in [0.15, 0.2) is 158 Å². The zero-order valence-electron chi connectivity index (χ0n) is 25.3. The quantitative estimate of drug-likeness (QED) is 0.184. The molecule has 0 heteroatoms. The summed E-state index contributed by atoms with van der Waals surface area (Å²) in [6.07, 6.45) is 6.36. The van der Waals surface area contributed by atoms with Crippen molar-refractivity contribution in [3.8, 4) is 33.4 Å². The summed E-state index contributed by atoms with van der Waals surface area (Å²) in [6, 6.07) is 53.1. The molecule has 0 atom stereocenters. The van der Waals surface area contributed by atoms with E-state index >= 15 is 0 Å². The molecule has 0 radical (unpaired) electrons. The first kappa shape index (κ1) is 26.9. The molecule has 0 saturated heterocycles. The smallest absolute Gasteiger partial charge is 0.00203 e. The van der Waals surface area contributed by atoms with Gasteiger partial charge in [-0.2, -0.15) is 0 Å². The van der Waals surface area contributed by atoms with Crippen LogP contribution in [0.5, 0.6) is 0 Å². The van der Waals surface area contributed by atoms with Crippen molar-refractivity contribution in [2.45, 2.75) is 6.92 Å². The standard InChI is InChI=1S/C45H32/c1-3-14-39-34(4-2)44(41-22-11-12-23-42(41)45(39)40-24-13-17-30-15-5-7-18-35(30)40)32-27-25-31(26-28-32)43-29-33-16-6-8-19-36(33)37-20-9-10-21-38(37)43/h3-29H,1H2,2H3/b34-4+,39-14+. The second kappa shape index (κ2) is 11.1. The molecular weight excluding hydrogens is 540 g/mol. The highest BCUT2D eigenvalue weighted by molar-refractivity contribution is 6.14. The number of hydrogen-bond donors (Lipinski definition) is 0. The van der Waals surface area contributed by atoms with Crippen molar-refractivity contribution >= 4 is 55.2 Å². The zero-order chi connectivity index (χ0) is 30.3. The highest BCUT2D eigenvalue weighted by atomic mass is 14.2. The molecule has 0 aliphatic heterocycles. The van der Waals surface area contributed by atoms with E-state index in [2.05, 4.69) is 171 Å². The van der Waals surface area contributed by atoms with Gasteiger partial charge in [0, 0.05) is 0 Å². The Hall–Kier alpha value is -5.72. The molecule has 0 heterocycles. The van der Waals surface area contributed by atoms with Crippen LogP contribution in [0.2, 0.25) is 0 Å². The van der Waals surface area contributed by atoms with Gasteiger partial charge in [0.2, 0.25) is 0 Å². The average molecular weight is 573 g/mol. The Morgan fingerprint density at radius 1 is 0.422 bits per heavy atom. The van der Waals surface area contributed by atoms with Crippen LogP contribution >= 0.6 is 0 Å². The summed E-state index contributed by atoms with van der Waals surface area (Å²) in [5, 5.41) is 12.5. The maximum absolute atomic E-state index is 4.13. The second-order valence-corrected chi connectivity index (χ2v) is 11.6. The monoisotopic (exact) mass is 572 g/mol. The summed E-state index contributed by atoms with van der Waals surface area (Å²) in [5.41, 5.74) is 7.42. The summed E-state index contributed by atoms with van der Waals surface area (Å²) in [7, 11) is 0. The van der Waals surface area contributed by atoms with Crippen LogP contribution in [-0.2, 0) is 0 Å². The van der Waals surface area contributed by atoms with E-state index in [-0.39, 0.29) is 0 Å². The molecule has 0 nitrogen and oxygen atoms in total. The lowest BCUT2D eigenvalue weighted by atomic mass is 9.86. The minimum absolute atomic E-state index is 1.20. The first-order chi connectivity index (χ1) is 22.3. The van der Waals surface area contributed by atoms with Gasteiger partial charge in [0.25, 0.3) is 0 Å². The summed E-state index contributed by atoms with van der Waals surface area (Å²) in [4.78, 5) is 0. The molecule has 212 valence electrons. The van der Waals surface area contributed by atoms with Crippen molar-refractivity contribution in [3.05, 3.63) is 169 Å². The van der Waals surface area contributed by atoms with Crippen molar-refractivity contribution in [2.75, 3.05) is 0 Å². The lowest BCUT2D eigenvalue weighted by Gasteiger charge is -2.17. The van der Waals surface area contributed by atoms with Gasteiger partial charge in [0.15, 0.2) is 0 Å². The van der Waals surface area contributed by atoms with Gasteiger partial charge in [0.1, 0.15) is 0 Å². The molecule has 0 spiro atoms. The molecule has 0 aliphatic carbocycles. The fourth-order valence-corrected chi connectivity index (χ4v) is 7.22. The molecule has 0 aromatic heterocycles. The number of fused-ring (bicyclic) bond motifs is 5. The summed E-state index contributed by atoms with van der Waals surface area (Å²) in [5.74, 6) is 0. The number of hydrogen-bond acceptors (Lipinski definition) is 0. The molecule has 8 aromatic carbocycles. The zero-order valence-corrected chi connectivity index (χ0v) is 25.3. The van der Waals surface area contributed by atoms with Crippen molar-refractivity contribution < 1.29 is 0 Å². The van der Waals surface area contributed by atoms with E-state index in [0.29, 0.717) is 0 Å². The van der Waals surface area contributed by atoms with Gasteiger partial charge in [0.05, 0.1) is 0 Å². The highest BCUT2D eigenvalue weighted by Crippen LogP contribution is 2.38. The highest BCUT2D eigenvalue weighted by Gasteiger charge is 2.16. The first-order valence-electron chi connectivity index (χ1n) is 15.6. The lowest BCUT2D eigenvalue weighted by Crippen LogP contribution is -2.29. The SMILES string of the molecule is C=C/C=c1/c(-c2cccc3ccccc23)c2ccccc2c(-c2ccc(-c3cc4ccccc4c4ccccc34)cc2)/c1=C/C. The third-order valence-electron chi connectivity index (χ3n) is 9.18. The molecule has 0 N–H and O–H groups in total. The molecule has 0 bridgehead atoms. The molecule has 0 unspecified atom stereocenters. The van der Waals surface area contributed by atoms with E-state index in [4.69, 9.17) is 0 Å². The second-order valence-electron chi connectivity index (χ2n) is 11.6. The molecule has 0 fully saturated rings. The van der Waals surface area contributed by atoms with Crippen LogP contribution in [0.4, 0.5) is 0 Å². The Morgan fingerprint density at radius 3 is 1.69 bits per heavy atom. The predicted molar refractivity (Wildman–Crippen MR) is 197 cm³/mol. The van der Waals surface area contributed by atoms with Crippen molar-refractivity contribution in [1.29, 1.82) is 0 Å². The lowest BCUT2D eigenvalue weighted by molar-refractivity contribution is 1.51. The minimum Gasteiger partial charge on any atom is -0.0990 e. The van der Waals surface area contributed by atoms with Crippen LogP contribution in [0.25, 0.3) is 88.6 Å². The molecule has 45 heavy (non-hydrogen) atoms. The van der Waals surface area contributed by atoms with E-state index in [1.54, 1.807) is 0 Å². The molecule has 8 rings (SSSR count). The van der Waals surface area contributed by atoms with E-state index in [1.165, 1.54) is 86.9 Å². The average Bonchev–Trinajstić information content (AvgIpc) is 3.11. The van der Waals surface area contributed by atoms with Crippen LogP contribution < -0.4 is 10.4 Å². The largest absolute Gasteiger partial charge is 0.0990 e. The van der Waals surface area contributed by atoms with Gasteiger partial charge >= 0.3 is 0 Å². The van der Waals surface area contributed by atoms with Crippen LogP contribution in [0.3, 0.4) is 0 Å². The molecular formula is C45H32. The normalized spacial score (nSPS) is 12.5. The third-order valence-corrected chi connectivity index (χ3v) is 9.18. The number of rotatable bonds is 4. The molecule has 8 aromatic rings. The van der Waals surface area contributed by atoms with Gasteiger partial charge in [-0.05, 0) is 99.9 Å². The molecule has 0 amide bonds. The topological polar surface area (TPSA) is 0 Å². The fraction of sp³-hybridized carbons (Fsp3) is 0.0222. The fourth-order valence-electron chi connectivity index (χ4n) is 7.22. The number of allylic oxidation sites excluding steroid dienone is 1. The Bertz CT molecular complexity index is 2540. The Morgan fingerprint density at radius 2 is 0.978 bits per heavy atom. The van der Waals surface area contributed by atoms with Gasteiger partial charge in [-0.3, -0.25) is 0 Å². The maximum Gasteiger partial charge on any atom is -0.00203 e. The van der Waals surface area contributed by atoms with Crippen molar-refractivity contribution in [2.24, 2.45) is 0 Å². The summed E-state index contributed by atoms with van der Waals surface area (Å²) in [6.45, 7) is 6.28. The van der Waals surface area contributed by atoms with E-state index < -0.39 is 0 Å². The van der Waals surface area contributed by atoms with E-state index in [0.717, 1.165) is 0 Å². The van der Waals surface area contributed by atoms with Crippen molar-refractivity contribution in [1.82, 2.24) is 0 Å². The minimum atomic E-state index is 1.20. The van der Waals surface area contributed by atoms with Crippen LogP contribution in [-0.4, -0.2) is 0 Å². The predicted octanol–water partition coefficient (Wildman–Crippen LogP) is 11.1. The molecule has 0 saturated carbocycles. The summed E-state index contributed by atoms with van der Waals surface area (Å²) < 4.78 is 0. The Kier molecular flexibility index (Phi) is 6.62. The maximum atomic E-state index is 4.13. The summed E-state index contributed by atoms with van der Waals surface area (Å²) >= 11 is 0. The Balaban J connectivity index is 1.39. The number of benzene rings is 8. The van der Waals surface area contributed by atoms with E-state index in [9.17, 15) is 0 Å². The Labute approximate surface area is 263 Å². The molecule has 0 aliphatic rings. The van der Waals surface area contributed by atoms with Gasteiger partial charge < -0.3 is 0 Å². The van der Waals surface area contributed by atoms with Gasteiger partial charge in [-0.1, -0.05) is 164 Å². The van der Waals surface area contributed by atoms with Gasteiger partial charge in [-0.25, -0.2) is 0 Å². The van der Waals surface area contributed by atoms with E-state index in [1.807, 2.05) is 6.08 Å². The van der Waals surface area contributed by atoms with Gasteiger partial charge in [-0.15, -0.1) is 0 Å². The first-order valence-corrected chi connectivity index (χ1v) is 15.6. The van der Waals surface area contributed by atoms with Crippen molar-refractivity contribution in [3.63, 3.8) is 0 Å². The van der Waals surface area contributed by atoms with Crippen LogP contribution in [0.1, 0.15) is 6.92 Å². The third kappa shape index (κ3) is 4.38. The van der Waals surface area contributed by atoms with Crippen LogP contribution in [0, 0.1) is 0 Å².